The van der Waals surface area contributed by atoms with Gasteiger partial charge in [0.05, 0.1) is 18.8 Å². The van der Waals surface area contributed by atoms with Crippen LogP contribution >= 0.6 is 11.6 Å². The van der Waals surface area contributed by atoms with Gasteiger partial charge in [-0.15, -0.1) is 11.6 Å². The lowest BCUT2D eigenvalue weighted by Crippen LogP contribution is -2.13. The van der Waals surface area contributed by atoms with Crippen molar-refractivity contribution >= 4 is 27.3 Å². The molecule has 0 bridgehead atoms. The normalized spacial score (nSPS) is 11.4. The van der Waals surface area contributed by atoms with E-state index < -0.39 is 10.0 Å². The van der Waals surface area contributed by atoms with Crippen molar-refractivity contribution in [3.05, 3.63) is 36.3 Å². The summed E-state index contributed by atoms with van der Waals surface area (Å²) < 4.78 is 33.8. The fourth-order valence-electron chi connectivity index (χ4n) is 1.78. The van der Waals surface area contributed by atoms with E-state index in [0.29, 0.717) is 18.0 Å². The number of hydrogen-bond acceptors (Lipinski definition) is 4. The van der Waals surface area contributed by atoms with Gasteiger partial charge in [0.25, 0.3) is 10.0 Å². The van der Waals surface area contributed by atoms with Crippen LogP contribution in [0.25, 0.3) is 0 Å². The molecule has 114 valence electrons. The van der Waals surface area contributed by atoms with Gasteiger partial charge < -0.3 is 9.30 Å². The van der Waals surface area contributed by atoms with Gasteiger partial charge in [0.15, 0.2) is 5.03 Å². The van der Waals surface area contributed by atoms with Crippen molar-refractivity contribution in [3.63, 3.8) is 0 Å². The minimum atomic E-state index is -3.71. The smallest absolute Gasteiger partial charge is 0.280 e. The maximum atomic E-state index is 12.2. The van der Waals surface area contributed by atoms with Crippen LogP contribution < -0.4 is 9.46 Å². The van der Waals surface area contributed by atoms with Crippen LogP contribution in [0.4, 0.5) is 5.69 Å². The summed E-state index contributed by atoms with van der Waals surface area (Å²) in [6, 6.07) is 4.97. The Bertz CT molecular complexity index is 728. The van der Waals surface area contributed by atoms with Gasteiger partial charge in [0.2, 0.25) is 0 Å². The molecule has 0 spiro atoms. The summed E-state index contributed by atoms with van der Waals surface area (Å²) in [5.41, 5.74) is 1.14. The highest BCUT2D eigenvalue weighted by Gasteiger charge is 2.17. The first-order valence-corrected chi connectivity index (χ1v) is 8.30. The summed E-state index contributed by atoms with van der Waals surface area (Å²) >= 11 is 5.86. The zero-order valence-corrected chi connectivity index (χ0v) is 13.3. The third-order valence-corrected chi connectivity index (χ3v) is 4.27. The molecule has 0 fully saturated rings. The quantitative estimate of drug-likeness (QED) is 0.826. The van der Waals surface area contributed by atoms with Crippen LogP contribution in [0.3, 0.4) is 0 Å². The second kappa shape index (κ2) is 6.36. The summed E-state index contributed by atoms with van der Waals surface area (Å²) in [6.45, 7) is 2.39. The van der Waals surface area contributed by atoms with Gasteiger partial charge in [-0.3, -0.25) is 4.72 Å². The largest absolute Gasteiger partial charge is 0.494 e. The van der Waals surface area contributed by atoms with E-state index >= 15 is 0 Å². The Balaban J connectivity index is 2.27. The molecular weight excluding hydrogens is 314 g/mol. The van der Waals surface area contributed by atoms with E-state index in [9.17, 15) is 8.42 Å². The lowest BCUT2D eigenvalue weighted by molar-refractivity contribution is 0.337. The predicted octanol–water partition coefficient (Wildman–Crippen LogP) is 2.36. The Morgan fingerprint density at radius 3 is 2.76 bits per heavy atom. The van der Waals surface area contributed by atoms with Gasteiger partial charge in [0, 0.05) is 24.5 Å². The number of rotatable bonds is 6. The fraction of sp³-hybridized carbons (Fsp3) is 0.308. The molecule has 6 nitrogen and oxygen atoms in total. The number of anilines is 1. The van der Waals surface area contributed by atoms with Crippen LogP contribution in [0, 0.1) is 0 Å². The van der Waals surface area contributed by atoms with E-state index in [1.54, 1.807) is 29.8 Å². The molecule has 0 unspecified atom stereocenters. The number of benzene rings is 1. The van der Waals surface area contributed by atoms with Crippen molar-refractivity contribution in [1.29, 1.82) is 0 Å². The first-order chi connectivity index (χ1) is 9.96. The molecule has 1 aromatic heterocycles. The van der Waals surface area contributed by atoms with E-state index in [4.69, 9.17) is 16.3 Å². The van der Waals surface area contributed by atoms with Crippen LogP contribution in [0.2, 0.25) is 0 Å². The average Bonchev–Trinajstić information content (AvgIpc) is 2.88. The van der Waals surface area contributed by atoms with Crippen LogP contribution in [0.1, 0.15) is 12.5 Å². The molecule has 2 rings (SSSR count). The molecular formula is C13H16ClN3O3S. The highest BCUT2D eigenvalue weighted by molar-refractivity contribution is 7.92. The number of halogens is 1. The molecule has 0 radical (unpaired) electrons. The monoisotopic (exact) mass is 329 g/mol. The maximum absolute atomic E-state index is 12.2. The zero-order valence-electron chi connectivity index (χ0n) is 11.7. The van der Waals surface area contributed by atoms with Crippen molar-refractivity contribution in [2.45, 2.75) is 17.8 Å². The van der Waals surface area contributed by atoms with Gasteiger partial charge in [0.1, 0.15) is 5.75 Å². The Labute approximate surface area is 128 Å². The number of aryl methyl sites for hydroxylation is 1. The van der Waals surface area contributed by atoms with Crippen LogP contribution in [-0.2, 0) is 23.0 Å². The van der Waals surface area contributed by atoms with Crippen molar-refractivity contribution in [2.75, 3.05) is 11.3 Å². The van der Waals surface area contributed by atoms with Gasteiger partial charge in [-0.25, -0.2) is 4.98 Å². The topological polar surface area (TPSA) is 73.2 Å². The third-order valence-electron chi connectivity index (χ3n) is 2.71. The number of hydrogen-bond donors (Lipinski definition) is 1. The standard InChI is InChI=1S/C13H16ClN3O3S/c1-3-20-12-5-4-11(6-10(12)7-14)16-21(18,19)13-8-17(2)9-15-13/h4-6,8-9,16H,3,7H2,1-2H3. The molecule has 0 saturated carbocycles. The molecule has 1 N–H and O–H groups in total. The molecule has 1 heterocycles. The van der Waals surface area contributed by atoms with Crippen molar-refractivity contribution in [3.8, 4) is 5.75 Å². The van der Waals surface area contributed by atoms with E-state index in [1.165, 1.54) is 12.5 Å². The molecule has 0 aliphatic heterocycles. The van der Waals surface area contributed by atoms with Crippen molar-refractivity contribution < 1.29 is 13.2 Å². The summed E-state index contributed by atoms with van der Waals surface area (Å²) in [5, 5.41) is -0.0358. The van der Waals surface area contributed by atoms with Crippen LogP contribution in [0.5, 0.6) is 5.75 Å². The zero-order chi connectivity index (χ0) is 15.5. The number of nitrogens with one attached hydrogen (secondary N) is 1. The molecule has 0 aliphatic rings. The molecule has 0 amide bonds. The Hall–Kier alpha value is -1.73. The summed E-state index contributed by atoms with van der Waals surface area (Å²) in [6.07, 6.45) is 2.86. The molecule has 0 saturated heterocycles. The summed E-state index contributed by atoms with van der Waals surface area (Å²) in [5.74, 6) is 0.877. The summed E-state index contributed by atoms with van der Waals surface area (Å²) in [7, 11) is -2.01. The highest BCUT2D eigenvalue weighted by Crippen LogP contribution is 2.25. The first-order valence-electron chi connectivity index (χ1n) is 6.28. The van der Waals surface area contributed by atoms with Crippen LogP contribution in [0.15, 0.2) is 35.7 Å². The van der Waals surface area contributed by atoms with Gasteiger partial charge in [-0.05, 0) is 25.1 Å². The molecule has 21 heavy (non-hydrogen) atoms. The van der Waals surface area contributed by atoms with E-state index in [1.807, 2.05) is 6.92 Å². The minimum absolute atomic E-state index is 0.0358. The molecule has 0 atom stereocenters. The highest BCUT2D eigenvalue weighted by atomic mass is 35.5. The van der Waals surface area contributed by atoms with E-state index in [-0.39, 0.29) is 10.9 Å². The molecule has 0 aliphatic carbocycles. The average molecular weight is 330 g/mol. The summed E-state index contributed by atoms with van der Waals surface area (Å²) in [4.78, 5) is 3.83. The Morgan fingerprint density at radius 1 is 1.43 bits per heavy atom. The number of alkyl halides is 1. The number of ether oxygens (including phenoxy) is 1. The van der Waals surface area contributed by atoms with Crippen molar-refractivity contribution in [2.24, 2.45) is 7.05 Å². The van der Waals surface area contributed by atoms with Gasteiger partial charge >= 0.3 is 0 Å². The minimum Gasteiger partial charge on any atom is -0.494 e. The fourth-order valence-corrected chi connectivity index (χ4v) is 3.02. The Kier molecular flexibility index (Phi) is 4.74. The first kappa shape index (κ1) is 15.7. The predicted molar refractivity (Wildman–Crippen MR) is 81.2 cm³/mol. The third kappa shape index (κ3) is 3.68. The van der Waals surface area contributed by atoms with Gasteiger partial charge in [-0.1, -0.05) is 0 Å². The van der Waals surface area contributed by atoms with Crippen molar-refractivity contribution in [1.82, 2.24) is 9.55 Å². The molecule has 8 heteroatoms. The second-order valence-corrected chi connectivity index (χ2v) is 6.27. The second-order valence-electron chi connectivity index (χ2n) is 4.37. The Morgan fingerprint density at radius 2 is 2.19 bits per heavy atom. The van der Waals surface area contributed by atoms with E-state index in [2.05, 4.69) is 9.71 Å². The SMILES string of the molecule is CCOc1ccc(NS(=O)(=O)c2cn(C)cn2)cc1CCl. The number of aromatic nitrogens is 2. The van der Waals surface area contributed by atoms with Gasteiger partial charge in [-0.2, -0.15) is 8.42 Å². The lowest BCUT2D eigenvalue weighted by Gasteiger charge is -2.11. The van der Waals surface area contributed by atoms with E-state index in [0.717, 1.165) is 5.56 Å². The van der Waals surface area contributed by atoms with Crippen LogP contribution in [-0.4, -0.2) is 24.6 Å². The number of nitrogens with zero attached hydrogens (tertiary/aromatic N) is 2. The lowest BCUT2D eigenvalue weighted by atomic mass is 10.2. The number of imidazole rings is 1. The number of sulfonamides is 1. The molecule has 2 aromatic rings. The molecule has 1 aromatic carbocycles. The maximum Gasteiger partial charge on any atom is 0.280 e.